The summed E-state index contributed by atoms with van der Waals surface area (Å²) in [5, 5.41) is 2.75. The fourth-order valence-electron chi connectivity index (χ4n) is 3.87. The van der Waals surface area contributed by atoms with E-state index in [0.29, 0.717) is 6.04 Å². The Morgan fingerprint density at radius 3 is 2.28 bits per heavy atom. The lowest BCUT2D eigenvalue weighted by molar-refractivity contribution is 0.278. The molecule has 1 nitrogen and oxygen atoms in total. The molecule has 0 aliphatic carbocycles. The van der Waals surface area contributed by atoms with Gasteiger partial charge >= 0.3 is 0 Å². The number of nitrogens with zero attached hydrogens (tertiary/aromatic N) is 1. The molecule has 1 atom stereocenters. The van der Waals surface area contributed by atoms with Gasteiger partial charge in [0.15, 0.2) is 0 Å². The molecule has 0 aliphatic rings. The minimum atomic E-state index is 0.492. The van der Waals surface area contributed by atoms with Crippen LogP contribution in [-0.4, -0.2) is 19.0 Å². The van der Waals surface area contributed by atoms with Gasteiger partial charge in [0.05, 0.1) is 0 Å². The minimum Gasteiger partial charge on any atom is -0.302 e. The maximum atomic E-state index is 2.37. The predicted molar refractivity (Wildman–Crippen MR) is 109 cm³/mol. The molecule has 0 fully saturated rings. The van der Waals surface area contributed by atoms with Crippen LogP contribution in [0.3, 0.4) is 0 Å². The molecular formula is C24H29N. The Balaban J connectivity index is 1.74. The third-order valence-corrected chi connectivity index (χ3v) is 5.22. The highest BCUT2D eigenvalue weighted by atomic mass is 15.1. The SMILES string of the molecule is CCc1ccccc1C(CCCc1cccc2ccccc12)N(C)C. The first kappa shape index (κ1) is 17.7. The highest BCUT2D eigenvalue weighted by Gasteiger charge is 2.16. The van der Waals surface area contributed by atoms with E-state index in [1.165, 1.54) is 40.3 Å². The van der Waals surface area contributed by atoms with Crippen molar-refractivity contribution in [1.82, 2.24) is 4.90 Å². The van der Waals surface area contributed by atoms with Gasteiger partial charge in [-0.2, -0.15) is 0 Å². The quantitative estimate of drug-likeness (QED) is 0.511. The van der Waals surface area contributed by atoms with Gasteiger partial charge in [0.25, 0.3) is 0 Å². The fraction of sp³-hybridized carbons (Fsp3) is 0.333. The van der Waals surface area contributed by atoms with Gasteiger partial charge in [-0.3, -0.25) is 0 Å². The smallest absolute Gasteiger partial charge is 0.0344 e. The van der Waals surface area contributed by atoms with Gasteiger partial charge in [-0.1, -0.05) is 73.7 Å². The monoisotopic (exact) mass is 331 g/mol. The summed E-state index contributed by atoms with van der Waals surface area (Å²) in [6.45, 7) is 2.25. The van der Waals surface area contributed by atoms with Crippen molar-refractivity contribution in [2.75, 3.05) is 14.1 Å². The topological polar surface area (TPSA) is 3.24 Å². The van der Waals surface area contributed by atoms with Crippen molar-refractivity contribution < 1.29 is 0 Å². The molecule has 3 rings (SSSR count). The average Bonchev–Trinajstić information content (AvgIpc) is 2.65. The third kappa shape index (κ3) is 4.11. The zero-order valence-electron chi connectivity index (χ0n) is 15.7. The Labute approximate surface area is 152 Å². The zero-order valence-corrected chi connectivity index (χ0v) is 15.7. The normalized spacial score (nSPS) is 12.6. The molecule has 1 heteroatoms. The van der Waals surface area contributed by atoms with Crippen molar-refractivity contribution in [3.63, 3.8) is 0 Å². The van der Waals surface area contributed by atoms with E-state index in [-0.39, 0.29) is 0 Å². The van der Waals surface area contributed by atoms with Crippen LogP contribution < -0.4 is 0 Å². The molecule has 0 amide bonds. The lowest BCUT2D eigenvalue weighted by atomic mass is 9.92. The number of rotatable bonds is 7. The highest BCUT2D eigenvalue weighted by Crippen LogP contribution is 2.28. The molecule has 0 heterocycles. The summed E-state index contributed by atoms with van der Waals surface area (Å²) in [7, 11) is 4.41. The van der Waals surface area contributed by atoms with Gasteiger partial charge in [-0.15, -0.1) is 0 Å². The minimum absolute atomic E-state index is 0.492. The van der Waals surface area contributed by atoms with Crippen LogP contribution in [0.4, 0.5) is 0 Å². The van der Waals surface area contributed by atoms with Crippen LogP contribution in [0.1, 0.15) is 42.5 Å². The number of hydrogen-bond acceptors (Lipinski definition) is 1. The van der Waals surface area contributed by atoms with Gasteiger partial charge in [-0.25, -0.2) is 0 Å². The first-order valence-corrected chi connectivity index (χ1v) is 9.41. The summed E-state index contributed by atoms with van der Waals surface area (Å²) < 4.78 is 0. The largest absolute Gasteiger partial charge is 0.302 e. The van der Waals surface area contributed by atoms with Crippen LogP contribution in [0.25, 0.3) is 10.8 Å². The Bertz CT molecular complexity index is 814. The molecule has 0 saturated carbocycles. The molecule has 130 valence electrons. The summed E-state index contributed by atoms with van der Waals surface area (Å²) >= 11 is 0. The Morgan fingerprint density at radius 2 is 1.48 bits per heavy atom. The van der Waals surface area contributed by atoms with Crippen LogP contribution in [0.15, 0.2) is 66.7 Å². The molecule has 1 unspecified atom stereocenters. The van der Waals surface area contributed by atoms with Gasteiger partial charge < -0.3 is 4.90 Å². The van der Waals surface area contributed by atoms with Gasteiger partial charge in [0.2, 0.25) is 0 Å². The first-order valence-electron chi connectivity index (χ1n) is 9.41. The number of benzene rings is 3. The van der Waals surface area contributed by atoms with Crippen LogP contribution >= 0.6 is 0 Å². The lowest BCUT2D eigenvalue weighted by Gasteiger charge is -2.27. The highest BCUT2D eigenvalue weighted by molar-refractivity contribution is 5.85. The van der Waals surface area contributed by atoms with Crippen molar-refractivity contribution in [3.05, 3.63) is 83.4 Å². The van der Waals surface area contributed by atoms with Gasteiger partial charge in [-0.05, 0) is 67.2 Å². The van der Waals surface area contributed by atoms with Gasteiger partial charge in [0.1, 0.15) is 0 Å². The second kappa shape index (κ2) is 8.31. The van der Waals surface area contributed by atoms with E-state index in [2.05, 4.69) is 92.6 Å². The van der Waals surface area contributed by atoms with Crippen LogP contribution in [0.2, 0.25) is 0 Å². The Kier molecular flexibility index (Phi) is 5.88. The van der Waals surface area contributed by atoms with Crippen molar-refractivity contribution >= 4 is 10.8 Å². The van der Waals surface area contributed by atoms with Crippen LogP contribution in [0, 0.1) is 0 Å². The fourth-order valence-corrected chi connectivity index (χ4v) is 3.87. The third-order valence-electron chi connectivity index (χ3n) is 5.22. The summed E-state index contributed by atoms with van der Waals surface area (Å²) in [4.78, 5) is 2.37. The van der Waals surface area contributed by atoms with Crippen molar-refractivity contribution in [3.8, 4) is 0 Å². The second-order valence-electron chi connectivity index (χ2n) is 7.06. The maximum absolute atomic E-state index is 2.37. The number of fused-ring (bicyclic) bond motifs is 1. The van der Waals surface area contributed by atoms with Crippen molar-refractivity contribution in [2.45, 2.75) is 38.6 Å². The molecule has 0 aliphatic heterocycles. The summed E-state index contributed by atoms with van der Waals surface area (Å²) in [5.74, 6) is 0. The van der Waals surface area contributed by atoms with E-state index in [4.69, 9.17) is 0 Å². The van der Waals surface area contributed by atoms with Gasteiger partial charge in [0, 0.05) is 6.04 Å². The van der Waals surface area contributed by atoms with E-state index in [9.17, 15) is 0 Å². The standard InChI is InChI=1S/C24H29N/c1-4-19-11-5-8-17-23(19)24(25(2)3)18-10-15-21-14-9-13-20-12-6-7-16-22(20)21/h5-9,11-14,16-17,24H,4,10,15,18H2,1-3H3. The van der Waals surface area contributed by atoms with Crippen molar-refractivity contribution in [2.24, 2.45) is 0 Å². The van der Waals surface area contributed by atoms with E-state index in [0.717, 1.165) is 12.8 Å². The molecule has 0 aromatic heterocycles. The predicted octanol–water partition coefficient (Wildman–Crippen LogP) is 6.03. The summed E-state index contributed by atoms with van der Waals surface area (Å²) in [6.07, 6.45) is 4.63. The molecule has 0 bridgehead atoms. The van der Waals surface area contributed by atoms with Crippen LogP contribution in [-0.2, 0) is 12.8 Å². The molecule has 3 aromatic carbocycles. The van der Waals surface area contributed by atoms with Crippen LogP contribution in [0.5, 0.6) is 0 Å². The molecule has 0 spiro atoms. The van der Waals surface area contributed by atoms with E-state index in [1.54, 1.807) is 0 Å². The molecule has 3 aromatic rings. The first-order chi connectivity index (χ1) is 12.2. The molecule has 0 radical (unpaired) electrons. The lowest BCUT2D eigenvalue weighted by Crippen LogP contribution is -2.21. The molecular weight excluding hydrogens is 302 g/mol. The zero-order chi connectivity index (χ0) is 17.6. The van der Waals surface area contributed by atoms with Crippen molar-refractivity contribution in [1.29, 1.82) is 0 Å². The average molecular weight is 332 g/mol. The van der Waals surface area contributed by atoms with E-state index < -0.39 is 0 Å². The number of hydrogen-bond donors (Lipinski definition) is 0. The summed E-state index contributed by atoms with van der Waals surface area (Å²) in [5.41, 5.74) is 4.44. The van der Waals surface area contributed by atoms with E-state index >= 15 is 0 Å². The molecule has 25 heavy (non-hydrogen) atoms. The van der Waals surface area contributed by atoms with E-state index in [1.807, 2.05) is 0 Å². The maximum Gasteiger partial charge on any atom is 0.0344 e. The molecule has 0 saturated heterocycles. The Morgan fingerprint density at radius 1 is 0.800 bits per heavy atom. The summed E-state index contributed by atoms with van der Waals surface area (Å²) in [6, 6.07) is 24.8. The second-order valence-corrected chi connectivity index (χ2v) is 7.06. The Hall–Kier alpha value is -2.12. The molecule has 0 N–H and O–H groups in total. The number of aryl methyl sites for hydroxylation is 2.